The Balaban J connectivity index is 1.83. The minimum atomic E-state index is -4.98. The number of alkyl halides is 3. The van der Waals surface area contributed by atoms with Crippen LogP contribution in [0.3, 0.4) is 0 Å². The molecule has 0 bridgehead atoms. The molecule has 3 aromatic rings. The van der Waals surface area contributed by atoms with Crippen molar-refractivity contribution in [3.8, 4) is 11.4 Å². The summed E-state index contributed by atoms with van der Waals surface area (Å²) in [5.74, 6) is -2.24. The predicted octanol–water partition coefficient (Wildman–Crippen LogP) is 3.62. The fraction of sp³-hybridized carbons (Fsp3) is 0.200. The van der Waals surface area contributed by atoms with Crippen LogP contribution in [0.2, 0.25) is 0 Å². The second kappa shape index (κ2) is 9.45. The maximum atomic E-state index is 13.7. The summed E-state index contributed by atoms with van der Waals surface area (Å²) in [4.78, 5) is 23.9. The number of esters is 1. The van der Waals surface area contributed by atoms with E-state index in [0.717, 1.165) is 24.3 Å². The summed E-state index contributed by atoms with van der Waals surface area (Å²) in [5, 5.41) is 9.08. The fourth-order valence-corrected chi connectivity index (χ4v) is 2.65. The van der Waals surface area contributed by atoms with Crippen molar-refractivity contribution >= 4 is 17.6 Å². The van der Waals surface area contributed by atoms with Gasteiger partial charge in [0.15, 0.2) is 18.0 Å². The Morgan fingerprint density at radius 2 is 1.84 bits per heavy atom. The summed E-state index contributed by atoms with van der Waals surface area (Å²) < 4.78 is 64.6. The number of carbonyl (C=O) groups excluding carboxylic acids is 2. The van der Waals surface area contributed by atoms with Crippen molar-refractivity contribution in [2.45, 2.75) is 13.1 Å². The quantitative estimate of drug-likeness (QED) is 0.435. The van der Waals surface area contributed by atoms with Crippen LogP contribution >= 0.6 is 0 Å². The van der Waals surface area contributed by atoms with Crippen LogP contribution in [-0.2, 0) is 15.7 Å². The van der Waals surface area contributed by atoms with Crippen molar-refractivity contribution in [3.63, 3.8) is 0 Å². The molecule has 0 saturated carbocycles. The smallest absolute Gasteiger partial charge is 0.435 e. The zero-order valence-corrected chi connectivity index (χ0v) is 16.5. The Morgan fingerprint density at radius 1 is 1.12 bits per heavy atom. The highest BCUT2D eigenvalue weighted by Gasteiger charge is 2.42. The van der Waals surface area contributed by atoms with E-state index in [2.05, 4.69) is 15.6 Å². The van der Waals surface area contributed by atoms with E-state index >= 15 is 0 Å². The Hall–Kier alpha value is -3.96. The van der Waals surface area contributed by atoms with Crippen molar-refractivity contribution < 1.29 is 36.6 Å². The topological polar surface area (TPSA) is 95.3 Å². The Morgan fingerprint density at radius 3 is 2.50 bits per heavy atom. The number of anilines is 1. The summed E-state index contributed by atoms with van der Waals surface area (Å²) in [6, 6.07) is 9.74. The number of aromatic nitrogens is 3. The molecule has 0 unspecified atom stereocenters. The van der Waals surface area contributed by atoms with Crippen LogP contribution in [0.1, 0.15) is 23.1 Å². The van der Waals surface area contributed by atoms with E-state index in [-0.39, 0.29) is 30.3 Å². The highest BCUT2D eigenvalue weighted by Crippen LogP contribution is 2.33. The van der Waals surface area contributed by atoms with Gasteiger partial charge in [0.2, 0.25) is 0 Å². The molecule has 1 aromatic heterocycles. The molecule has 12 heteroatoms. The second-order valence-electron chi connectivity index (χ2n) is 6.25. The number of rotatable bonds is 7. The molecule has 0 spiro atoms. The first-order chi connectivity index (χ1) is 15.2. The minimum absolute atomic E-state index is 0.0980. The lowest BCUT2D eigenvalue weighted by atomic mass is 10.2. The van der Waals surface area contributed by atoms with E-state index in [0.29, 0.717) is 4.68 Å². The normalized spacial score (nSPS) is 11.2. The third kappa shape index (κ3) is 5.39. The molecular formula is C20H16F4N4O4. The van der Waals surface area contributed by atoms with Crippen molar-refractivity contribution in [2.24, 2.45) is 0 Å². The molecule has 8 nitrogen and oxygen atoms in total. The summed E-state index contributed by atoms with van der Waals surface area (Å²) in [6.07, 6.45) is -4.98. The van der Waals surface area contributed by atoms with Gasteiger partial charge in [0.25, 0.3) is 5.91 Å². The van der Waals surface area contributed by atoms with Crippen LogP contribution in [-0.4, -0.2) is 40.1 Å². The first-order valence-electron chi connectivity index (χ1n) is 9.17. The molecule has 32 heavy (non-hydrogen) atoms. The Bertz CT molecular complexity index is 1110. The number of nitrogens with one attached hydrogen (secondary N) is 1. The number of nitrogens with zero attached hydrogens (tertiary/aromatic N) is 3. The zero-order valence-electron chi connectivity index (χ0n) is 16.5. The molecule has 0 fully saturated rings. The van der Waals surface area contributed by atoms with Gasteiger partial charge in [-0.05, 0) is 43.3 Å². The zero-order chi connectivity index (χ0) is 23.3. The second-order valence-corrected chi connectivity index (χ2v) is 6.25. The molecule has 2 aromatic carbocycles. The van der Waals surface area contributed by atoms with E-state index in [9.17, 15) is 27.2 Å². The molecule has 3 rings (SSSR count). The molecular weight excluding hydrogens is 436 g/mol. The first-order valence-corrected chi connectivity index (χ1v) is 9.17. The van der Waals surface area contributed by atoms with Crippen molar-refractivity contribution in [3.05, 3.63) is 65.7 Å². The van der Waals surface area contributed by atoms with Crippen LogP contribution < -0.4 is 10.1 Å². The van der Waals surface area contributed by atoms with Gasteiger partial charge in [-0.2, -0.15) is 13.2 Å². The number of halogens is 4. The number of benzene rings is 2. The predicted molar refractivity (Wildman–Crippen MR) is 103 cm³/mol. The largest absolute Gasteiger partial charge is 0.482 e. The fourth-order valence-electron chi connectivity index (χ4n) is 2.65. The van der Waals surface area contributed by atoms with Gasteiger partial charge in [-0.25, -0.2) is 13.9 Å². The van der Waals surface area contributed by atoms with E-state index in [1.807, 2.05) is 0 Å². The number of hydrogen-bond donors (Lipinski definition) is 1. The lowest BCUT2D eigenvalue weighted by Crippen LogP contribution is -2.21. The number of carbonyl (C=O) groups is 2. The van der Waals surface area contributed by atoms with Gasteiger partial charge in [0, 0.05) is 11.8 Å². The SMILES string of the molecule is CCOC(=O)COc1cccc(NC(=O)c2nnn(-c3ccc(F)cc3)c2C(F)(F)F)c1. The van der Waals surface area contributed by atoms with Gasteiger partial charge in [-0.3, -0.25) is 4.79 Å². The monoisotopic (exact) mass is 452 g/mol. The maximum Gasteiger partial charge on any atom is 0.435 e. The average Bonchev–Trinajstić information content (AvgIpc) is 3.19. The summed E-state index contributed by atoms with van der Waals surface area (Å²) >= 11 is 0. The van der Waals surface area contributed by atoms with E-state index in [1.165, 1.54) is 24.3 Å². The van der Waals surface area contributed by atoms with E-state index in [1.54, 1.807) is 6.92 Å². The van der Waals surface area contributed by atoms with Crippen LogP contribution in [0.25, 0.3) is 5.69 Å². The maximum absolute atomic E-state index is 13.7. The molecule has 1 heterocycles. The highest BCUT2D eigenvalue weighted by atomic mass is 19.4. The van der Waals surface area contributed by atoms with Crippen molar-refractivity contribution in [1.29, 1.82) is 0 Å². The van der Waals surface area contributed by atoms with Gasteiger partial charge >= 0.3 is 12.1 Å². The van der Waals surface area contributed by atoms with E-state index < -0.39 is 35.3 Å². The van der Waals surface area contributed by atoms with Crippen molar-refractivity contribution in [2.75, 3.05) is 18.5 Å². The number of amides is 1. The van der Waals surface area contributed by atoms with Gasteiger partial charge in [-0.1, -0.05) is 11.3 Å². The summed E-state index contributed by atoms with van der Waals surface area (Å²) in [6.45, 7) is 1.43. The Labute approximate surface area is 178 Å². The minimum Gasteiger partial charge on any atom is -0.482 e. The lowest BCUT2D eigenvalue weighted by Gasteiger charge is -2.12. The lowest BCUT2D eigenvalue weighted by molar-refractivity contribution is -0.145. The van der Waals surface area contributed by atoms with Crippen LogP contribution in [0.4, 0.5) is 23.2 Å². The third-order valence-corrected chi connectivity index (χ3v) is 3.98. The molecule has 0 aliphatic heterocycles. The number of ether oxygens (including phenoxy) is 2. The highest BCUT2D eigenvalue weighted by molar-refractivity contribution is 6.03. The Kier molecular flexibility index (Phi) is 6.71. The van der Waals surface area contributed by atoms with Gasteiger partial charge in [0.1, 0.15) is 11.6 Å². The third-order valence-electron chi connectivity index (χ3n) is 3.98. The molecule has 0 aliphatic carbocycles. The van der Waals surface area contributed by atoms with Gasteiger partial charge in [0.05, 0.1) is 12.3 Å². The molecule has 0 aliphatic rings. The molecule has 0 saturated heterocycles. The number of hydrogen-bond acceptors (Lipinski definition) is 6. The van der Waals surface area contributed by atoms with Crippen LogP contribution in [0, 0.1) is 5.82 Å². The van der Waals surface area contributed by atoms with Gasteiger partial charge in [-0.15, -0.1) is 5.10 Å². The van der Waals surface area contributed by atoms with Crippen LogP contribution in [0.15, 0.2) is 48.5 Å². The van der Waals surface area contributed by atoms with Crippen LogP contribution in [0.5, 0.6) is 5.75 Å². The molecule has 168 valence electrons. The summed E-state index contributed by atoms with van der Waals surface area (Å²) in [5.41, 5.74) is -2.42. The molecule has 0 radical (unpaired) electrons. The average molecular weight is 452 g/mol. The van der Waals surface area contributed by atoms with Crippen molar-refractivity contribution in [1.82, 2.24) is 15.0 Å². The first kappa shape index (κ1) is 22.7. The summed E-state index contributed by atoms with van der Waals surface area (Å²) in [7, 11) is 0. The standard InChI is InChI=1S/C20H16F4N4O4/c1-2-31-16(29)11-32-15-5-3-4-13(10-15)25-19(30)17-18(20(22,23)24)28(27-26-17)14-8-6-12(21)7-9-14/h3-10H,2,11H2,1H3,(H,25,30). The molecule has 1 N–H and O–H groups in total. The molecule has 0 atom stereocenters. The molecule has 1 amide bonds. The van der Waals surface area contributed by atoms with E-state index in [4.69, 9.17) is 9.47 Å². The van der Waals surface area contributed by atoms with Gasteiger partial charge < -0.3 is 14.8 Å².